The molecular formula is C12H20F3NO3. The fraction of sp³-hybridized carbons (Fsp3) is 0.833. The molecule has 4 nitrogen and oxygen atoms in total. The van der Waals surface area contributed by atoms with Gasteiger partial charge >= 0.3 is 18.1 Å². The molecule has 0 spiro atoms. The van der Waals surface area contributed by atoms with Gasteiger partial charge in [-0.3, -0.25) is 9.59 Å². The van der Waals surface area contributed by atoms with Crippen molar-refractivity contribution in [2.45, 2.75) is 64.1 Å². The maximum absolute atomic E-state index is 12.1. The number of alkyl halides is 3. The van der Waals surface area contributed by atoms with Crippen molar-refractivity contribution in [1.82, 2.24) is 5.32 Å². The van der Waals surface area contributed by atoms with Crippen LogP contribution in [0.25, 0.3) is 0 Å². The minimum atomic E-state index is -4.97. The molecule has 112 valence electrons. The smallest absolute Gasteiger partial charge is 0.471 e. The Hall–Kier alpha value is -1.27. The Morgan fingerprint density at radius 1 is 1.16 bits per heavy atom. The van der Waals surface area contributed by atoms with Gasteiger partial charge < -0.3 is 10.4 Å². The number of hydrogen-bond donors (Lipinski definition) is 2. The van der Waals surface area contributed by atoms with Crippen molar-refractivity contribution in [3.8, 4) is 0 Å². The lowest BCUT2D eigenvalue weighted by atomic mass is 10.0. The summed E-state index contributed by atoms with van der Waals surface area (Å²) in [4.78, 5) is 21.3. The summed E-state index contributed by atoms with van der Waals surface area (Å²) in [5, 5.41) is 10.3. The highest BCUT2D eigenvalue weighted by molar-refractivity contribution is 5.82. The van der Waals surface area contributed by atoms with E-state index in [9.17, 15) is 22.8 Å². The van der Waals surface area contributed by atoms with E-state index in [1.54, 1.807) is 5.32 Å². The first-order chi connectivity index (χ1) is 8.77. The number of carboxylic acids is 1. The van der Waals surface area contributed by atoms with Crippen LogP contribution in [0.1, 0.15) is 51.9 Å². The molecule has 0 aromatic heterocycles. The van der Waals surface area contributed by atoms with Gasteiger partial charge in [0, 0.05) is 6.04 Å². The van der Waals surface area contributed by atoms with Crippen LogP contribution >= 0.6 is 0 Å². The molecule has 1 atom stereocenters. The molecule has 1 amide bonds. The molecule has 19 heavy (non-hydrogen) atoms. The van der Waals surface area contributed by atoms with Gasteiger partial charge in [-0.2, -0.15) is 13.2 Å². The Morgan fingerprint density at radius 3 is 2.21 bits per heavy atom. The van der Waals surface area contributed by atoms with Crippen LogP contribution in [0.2, 0.25) is 0 Å². The summed E-state index contributed by atoms with van der Waals surface area (Å²) in [5.74, 6) is -3.30. The number of nitrogens with one attached hydrogen (secondary N) is 1. The monoisotopic (exact) mass is 283 g/mol. The first kappa shape index (κ1) is 17.7. The van der Waals surface area contributed by atoms with Crippen molar-refractivity contribution < 1.29 is 27.9 Å². The molecule has 0 bridgehead atoms. The summed E-state index contributed by atoms with van der Waals surface area (Å²) in [6, 6.07) is -0.965. The molecule has 7 heteroatoms. The van der Waals surface area contributed by atoms with E-state index in [-0.39, 0.29) is 6.42 Å². The standard InChI is InChI=1S/C12H20F3NO3/c1-2-3-4-5-6-7-9(8-10(17)18)16-11(19)12(13,14)15/h9H,2-8H2,1H3,(H,16,19)(H,17,18). The highest BCUT2D eigenvalue weighted by Crippen LogP contribution is 2.16. The number of carboxylic acid groups (broad SMARTS) is 1. The van der Waals surface area contributed by atoms with Crippen molar-refractivity contribution in [2.24, 2.45) is 0 Å². The predicted molar refractivity (Wildman–Crippen MR) is 63.6 cm³/mol. The Labute approximate surface area is 110 Å². The van der Waals surface area contributed by atoms with Gasteiger partial charge in [0.05, 0.1) is 6.42 Å². The summed E-state index contributed by atoms with van der Waals surface area (Å²) in [5.41, 5.74) is 0. The number of carbonyl (C=O) groups is 2. The molecule has 0 aromatic carbocycles. The summed E-state index contributed by atoms with van der Waals surface area (Å²) >= 11 is 0. The van der Waals surface area contributed by atoms with Gasteiger partial charge in [-0.25, -0.2) is 0 Å². The SMILES string of the molecule is CCCCCCCC(CC(=O)O)NC(=O)C(F)(F)F. The highest BCUT2D eigenvalue weighted by atomic mass is 19.4. The minimum Gasteiger partial charge on any atom is -0.481 e. The normalized spacial score (nSPS) is 13.1. The van der Waals surface area contributed by atoms with Crippen molar-refractivity contribution in [2.75, 3.05) is 0 Å². The van der Waals surface area contributed by atoms with E-state index in [1.165, 1.54) is 0 Å². The molecular weight excluding hydrogens is 263 g/mol. The molecule has 0 fully saturated rings. The van der Waals surface area contributed by atoms with Crippen LogP contribution in [-0.4, -0.2) is 29.2 Å². The third-order valence-electron chi connectivity index (χ3n) is 2.67. The lowest BCUT2D eigenvalue weighted by molar-refractivity contribution is -0.174. The van der Waals surface area contributed by atoms with Crippen LogP contribution < -0.4 is 5.32 Å². The van der Waals surface area contributed by atoms with Crippen molar-refractivity contribution in [3.63, 3.8) is 0 Å². The topological polar surface area (TPSA) is 66.4 Å². The first-order valence-electron chi connectivity index (χ1n) is 6.36. The Morgan fingerprint density at radius 2 is 1.74 bits per heavy atom. The quantitative estimate of drug-likeness (QED) is 0.639. The van der Waals surface area contributed by atoms with Gasteiger partial charge in [-0.1, -0.05) is 39.0 Å². The average molecular weight is 283 g/mol. The van der Waals surface area contributed by atoms with Crippen molar-refractivity contribution >= 4 is 11.9 Å². The summed E-state index contributed by atoms with van der Waals surface area (Å²) in [6.45, 7) is 2.04. The zero-order chi connectivity index (χ0) is 14.9. The van der Waals surface area contributed by atoms with E-state index >= 15 is 0 Å². The summed E-state index contributed by atoms with van der Waals surface area (Å²) in [6.07, 6.45) is -0.736. The minimum absolute atomic E-state index is 0.248. The van der Waals surface area contributed by atoms with Crippen LogP contribution in [0.5, 0.6) is 0 Å². The molecule has 0 rings (SSSR count). The summed E-state index contributed by atoms with van der Waals surface area (Å²) in [7, 11) is 0. The highest BCUT2D eigenvalue weighted by Gasteiger charge is 2.39. The van der Waals surface area contributed by atoms with Crippen LogP contribution in [0.3, 0.4) is 0 Å². The Balaban J connectivity index is 4.16. The number of amides is 1. The maximum Gasteiger partial charge on any atom is 0.471 e. The molecule has 0 saturated carbocycles. The van der Waals surface area contributed by atoms with E-state index < -0.39 is 30.5 Å². The van der Waals surface area contributed by atoms with Crippen LogP contribution in [-0.2, 0) is 9.59 Å². The number of carbonyl (C=O) groups excluding carboxylic acids is 1. The fourth-order valence-corrected chi connectivity index (χ4v) is 1.70. The lowest BCUT2D eigenvalue weighted by Gasteiger charge is -2.17. The zero-order valence-electron chi connectivity index (χ0n) is 10.9. The third-order valence-corrected chi connectivity index (χ3v) is 2.67. The molecule has 1 unspecified atom stereocenters. The number of halogens is 3. The van der Waals surface area contributed by atoms with E-state index in [1.807, 2.05) is 6.92 Å². The van der Waals surface area contributed by atoms with Crippen LogP contribution in [0, 0.1) is 0 Å². The molecule has 0 aliphatic carbocycles. The molecule has 0 aliphatic rings. The molecule has 0 aromatic rings. The molecule has 0 aliphatic heterocycles. The van der Waals surface area contributed by atoms with Gasteiger partial charge in [0.25, 0.3) is 0 Å². The van der Waals surface area contributed by atoms with Crippen molar-refractivity contribution in [1.29, 1.82) is 0 Å². The number of aliphatic carboxylic acids is 1. The van der Waals surface area contributed by atoms with E-state index in [0.717, 1.165) is 25.7 Å². The van der Waals surface area contributed by atoms with Crippen LogP contribution in [0.15, 0.2) is 0 Å². The molecule has 0 radical (unpaired) electrons. The van der Waals surface area contributed by atoms with E-state index in [4.69, 9.17) is 5.11 Å². The lowest BCUT2D eigenvalue weighted by Crippen LogP contribution is -2.44. The Bertz CT molecular complexity index is 292. The van der Waals surface area contributed by atoms with Crippen molar-refractivity contribution in [3.05, 3.63) is 0 Å². The summed E-state index contributed by atoms with van der Waals surface area (Å²) < 4.78 is 36.2. The molecule has 2 N–H and O–H groups in total. The number of unbranched alkanes of at least 4 members (excludes halogenated alkanes) is 4. The number of rotatable bonds is 9. The third kappa shape index (κ3) is 9.32. The number of hydrogen-bond acceptors (Lipinski definition) is 2. The van der Waals surface area contributed by atoms with Gasteiger partial charge in [-0.05, 0) is 6.42 Å². The largest absolute Gasteiger partial charge is 0.481 e. The molecule has 0 heterocycles. The van der Waals surface area contributed by atoms with E-state index in [2.05, 4.69) is 0 Å². The zero-order valence-corrected chi connectivity index (χ0v) is 10.9. The van der Waals surface area contributed by atoms with Crippen LogP contribution in [0.4, 0.5) is 13.2 Å². The van der Waals surface area contributed by atoms with E-state index in [0.29, 0.717) is 6.42 Å². The predicted octanol–water partition coefficient (Wildman–Crippen LogP) is 2.87. The fourth-order valence-electron chi connectivity index (χ4n) is 1.70. The average Bonchev–Trinajstić information content (AvgIpc) is 2.26. The second kappa shape index (κ2) is 8.77. The van der Waals surface area contributed by atoms with Gasteiger partial charge in [0.15, 0.2) is 0 Å². The Kier molecular flexibility index (Phi) is 8.18. The first-order valence-corrected chi connectivity index (χ1v) is 6.36. The second-order valence-electron chi connectivity index (χ2n) is 4.47. The van der Waals surface area contributed by atoms with Gasteiger partial charge in [0.1, 0.15) is 0 Å². The van der Waals surface area contributed by atoms with Gasteiger partial charge in [0.2, 0.25) is 0 Å². The van der Waals surface area contributed by atoms with Gasteiger partial charge in [-0.15, -0.1) is 0 Å². The maximum atomic E-state index is 12.1. The molecule has 0 saturated heterocycles. The second-order valence-corrected chi connectivity index (χ2v) is 4.47.